The third-order valence-corrected chi connectivity index (χ3v) is 3.57. The van der Waals surface area contributed by atoms with Crippen LogP contribution in [0.15, 0.2) is 24.5 Å². The van der Waals surface area contributed by atoms with E-state index >= 15 is 0 Å². The van der Waals surface area contributed by atoms with Crippen LogP contribution in [0.3, 0.4) is 0 Å². The zero-order valence-electron chi connectivity index (χ0n) is 12.9. The van der Waals surface area contributed by atoms with Crippen molar-refractivity contribution in [1.82, 2.24) is 15.3 Å². The molecule has 1 fully saturated rings. The summed E-state index contributed by atoms with van der Waals surface area (Å²) in [5, 5.41) is 0. The lowest BCUT2D eigenvalue weighted by atomic mass is 9.94. The summed E-state index contributed by atoms with van der Waals surface area (Å²) in [7, 11) is 0. The number of nitrogens with zero attached hydrogens (tertiary/aromatic N) is 2. The molecule has 1 aliphatic rings. The molecular weight excluding hydrogens is 268 g/mol. The molecule has 3 N–H and O–H groups in total. The second kappa shape index (κ2) is 6.41. The van der Waals surface area contributed by atoms with E-state index < -0.39 is 5.60 Å². The number of nitrogens with one attached hydrogen (secondary N) is 1. The number of amides is 1. The maximum atomic E-state index is 12.1. The van der Waals surface area contributed by atoms with Gasteiger partial charge in [0.1, 0.15) is 5.60 Å². The van der Waals surface area contributed by atoms with Crippen molar-refractivity contribution in [2.45, 2.75) is 38.8 Å². The van der Waals surface area contributed by atoms with E-state index in [1.54, 1.807) is 17.3 Å². The SMILES string of the molecule is CC(C)(C)OC(=O)N1CCC(C(NN)c2cccnc2)C1. The maximum Gasteiger partial charge on any atom is 0.410 e. The number of ether oxygens (including phenoxy) is 1. The van der Waals surface area contributed by atoms with Crippen molar-refractivity contribution < 1.29 is 9.53 Å². The number of rotatable bonds is 3. The van der Waals surface area contributed by atoms with Gasteiger partial charge >= 0.3 is 6.09 Å². The van der Waals surface area contributed by atoms with Gasteiger partial charge in [0.25, 0.3) is 0 Å². The van der Waals surface area contributed by atoms with Crippen LogP contribution >= 0.6 is 0 Å². The second-order valence-corrected chi connectivity index (χ2v) is 6.41. The van der Waals surface area contributed by atoms with Crippen LogP contribution in [0.1, 0.15) is 38.8 Å². The molecule has 2 rings (SSSR count). The first-order chi connectivity index (χ1) is 9.90. The van der Waals surface area contributed by atoms with Gasteiger partial charge in [0.15, 0.2) is 0 Å². The first kappa shape index (κ1) is 15.7. The summed E-state index contributed by atoms with van der Waals surface area (Å²) in [5.41, 5.74) is 3.42. The molecule has 6 nitrogen and oxygen atoms in total. The number of hydrazine groups is 1. The van der Waals surface area contributed by atoms with Crippen LogP contribution in [0, 0.1) is 5.92 Å². The smallest absolute Gasteiger partial charge is 0.410 e. The van der Waals surface area contributed by atoms with Gasteiger partial charge in [0.2, 0.25) is 0 Å². The maximum absolute atomic E-state index is 12.1. The van der Waals surface area contributed by atoms with Crippen LogP contribution in [0.4, 0.5) is 4.79 Å². The second-order valence-electron chi connectivity index (χ2n) is 6.41. The molecule has 1 amide bonds. The number of aromatic nitrogens is 1. The lowest BCUT2D eigenvalue weighted by Crippen LogP contribution is -2.38. The average Bonchev–Trinajstić information content (AvgIpc) is 2.89. The zero-order chi connectivity index (χ0) is 15.5. The van der Waals surface area contributed by atoms with Gasteiger partial charge in [0, 0.05) is 25.5 Å². The lowest BCUT2D eigenvalue weighted by Gasteiger charge is -2.26. The van der Waals surface area contributed by atoms with E-state index in [0.29, 0.717) is 13.1 Å². The van der Waals surface area contributed by atoms with E-state index in [2.05, 4.69) is 10.4 Å². The zero-order valence-corrected chi connectivity index (χ0v) is 12.9. The normalized spacial score (nSPS) is 20.4. The molecule has 2 atom stereocenters. The first-order valence-electron chi connectivity index (χ1n) is 7.24. The Bertz CT molecular complexity index is 472. The van der Waals surface area contributed by atoms with Gasteiger partial charge in [0.05, 0.1) is 6.04 Å². The highest BCUT2D eigenvalue weighted by molar-refractivity contribution is 5.68. The number of pyridine rings is 1. The summed E-state index contributed by atoms with van der Waals surface area (Å²) in [6.45, 7) is 6.95. The fraction of sp³-hybridized carbons (Fsp3) is 0.600. The average molecular weight is 292 g/mol. The molecule has 0 radical (unpaired) electrons. The van der Waals surface area contributed by atoms with Gasteiger partial charge < -0.3 is 9.64 Å². The minimum absolute atomic E-state index is 0.00821. The molecule has 1 saturated heterocycles. The standard InChI is InChI=1S/C15H24N4O2/c1-15(2,3)21-14(20)19-8-6-12(10-19)13(18-16)11-5-4-7-17-9-11/h4-5,7,9,12-13,18H,6,8,10,16H2,1-3H3. The van der Waals surface area contributed by atoms with E-state index in [1.807, 2.05) is 32.9 Å². The van der Waals surface area contributed by atoms with Gasteiger partial charge in [-0.3, -0.25) is 16.3 Å². The fourth-order valence-corrected chi connectivity index (χ4v) is 2.62. The minimum atomic E-state index is -0.468. The molecule has 0 aromatic carbocycles. The highest BCUT2D eigenvalue weighted by Gasteiger charge is 2.34. The molecule has 0 spiro atoms. The summed E-state index contributed by atoms with van der Waals surface area (Å²) in [5.74, 6) is 5.95. The lowest BCUT2D eigenvalue weighted by molar-refractivity contribution is 0.0285. The molecule has 1 aromatic rings. The van der Waals surface area contributed by atoms with Crippen LogP contribution in [0.5, 0.6) is 0 Å². The molecule has 6 heteroatoms. The molecule has 116 valence electrons. The summed E-state index contributed by atoms with van der Waals surface area (Å²) in [4.78, 5) is 18.0. The molecule has 1 aromatic heterocycles. The number of hydrogen-bond acceptors (Lipinski definition) is 5. The Hall–Kier alpha value is -1.66. The van der Waals surface area contributed by atoms with Crippen molar-refractivity contribution in [3.8, 4) is 0 Å². The van der Waals surface area contributed by atoms with Crippen LogP contribution in [-0.2, 0) is 4.74 Å². The van der Waals surface area contributed by atoms with Crippen LogP contribution < -0.4 is 11.3 Å². The van der Waals surface area contributed by atoms with Gasteiger partial charge in [-0.15, -0.1) is 0 Å². The summed E-state index contributed by atoms with van der Waals surface area (Å²) in [6, 6.07) is 3.87. The van der Waals surface area contributed by atoms with Crippen molar-refractivity contribution >= 4 is 6.09 Å². The quantitative estimate of drug-likeness (QED) is 0.656. The van der Waals surface area contributed by atoms with E-state index in [9.17, 15) is 4.79 Å². The Morgan fingerprint density at radius 2 is 2.33 bits per heavy atom. The summed E-state index contributed by atoms with van der Waals surface area (Å²) >= 11 is 0. The van der Waals surface area contributed by atoms with Crippen molar-refractivity contribution in [1.29, 1.82) is 0 Å². The van der Waals surface area contributed by atoms with Crippen molar-refractivity contribution in [3.05, 3.63) is 30.1 Å². The van der Waals surface area contributed by atoms with E-state index in [0.717, 1.165) is 12.0 Å². The predicted molar refractivity (Wildman–Crippen MR) is 80.2 cm³/mol. The first-order valence-corrected chi connectivity index (χ1v) is 7.24. The number of carbonyl (C=O) groups is 1. The van der Waals surface area contributed by atoms with Crippen LogP contribution in [0.25, 0.3) is 0 Å². The largest absolute Gasteiger partial charge is 0.444 e. The minimum Gasteiger partial charge on any atom is -0.444 e. The van der Waals surface area contributed by atoms with E-state index in [4.69, 9.17) is 10.6 Å². The Balaban J connectivity index is 1.99. The Morgan fingerprint density at radius 3 is 2.90 bits per heavy atom. The predicted octanol–water partition coefficient (Wildman–Crippen LogP) is 1.84. The van der Waals surface area contributed by atoms with Gasteiger partial charge in [-0.05, 0) is 44.7 Å². The molecule has 1 aliphatic heterocycles. The third kappa shape index (κ3) is 4.15. The van der Waals surface area contributed by atoms with Gasteiger partial charge in [-0.25, -0.2) is 4.79 Å². The molecule has 2 heterocycles. The molecule has 0 saturated carbocycles. The van der Waals surface area contributed by atoms with Gasteiger partial charge in [-0.2, -0.15) is 0 Å². The molecule has 21 heavy (non-hydrogen) atoms. The third-order valence-electron chi connectivity index (χ3n) is 3.57. The van der Waals surface area contributed by atoms with Crippen molar-refractivity contribution in [2.24, 2.45) is 11.8 Å². The van der Waals surface area contributed by atoms with E-state index in [-0.39, 0.29) is 18.1 Å². The molecule has 2 unspecified atom stereocenters. The number of hydrogen-bond donors (Lipinski definition) is 2. The van der Waals surface area contributed by atoms with Crippen molar-refractivity contribution in [2.75, 3.05) is 13.1 Å². The van der Waals surface area contributed by atoms with Crippen LogP contribution in [-0.4, -0.2) is 34.7 Å². The summed E-state index contributed by atoms with van der Waals surface area (Å²) < 4.78 is 5.41. The number of nitrogens with two attached hydrogens (primary N) is 1. The monoisotopic (exact) mass is 292 g/mol. The number of likely N-dealkylation sites (tertiary alicyclic amines) is 1. The summed E-state index contributed by atoms with van der Waals surface area (Å²) in [6.07, 6.45) is 4.18. The Morgan fingerprint density at radius 1 is 1.57 bits per heavy atom. The molecule has 0 aliphatic carbocycles. The van der Waals surface area contributed by atoms with Crippen molar-refractivity contribution in [3.63, 3.8) is 0 Å². The van der Waals surface area contributed by atoms with Crippen LogP contribution in [0.2, 0.25) is 0 Å². The topological polar surface area (TPSA) is 80.5 Å². The van der Waals surface area contributed by atoms with E-state index in [1.165, 1.54) is 0 Å². The molecular formula is C15H24N4O2. The van der Waals surface area contributed by atoms with Gasteiger partial charge in [-0.1, -0.05) is 6.07 Å². The Kier molecular flexibility index (Phi) is 4.80. The molecule has 0 bridgehead atoms. The fourth-order valence-electron chi connectivity index (χ4n) is 2.62. The number of carbonyl (C=O) groups excluding carboxylic acids is 1. The Labute approximate surface area is 125 Å². The highest BCUT2D eigenvalue weighted by Crippen LogP contribution is 2.30. The highest BCUT2D eigenvalue weighted by atomic mass is 16.6.